The molecule has 0 radical (unpaired) electrons. The van der Waals surface area contributed by atoms with Gasteiger partial charge in [-0.05, 0) is 28.7 Å². The monoisotopic (exact) mass is 208 g/mol. The Hall–Kier alpha value is -0.0600. The third kappa shape index (κ3) is 0.933. The summed E-state index contributed by atoms with van der Waals surface area (Å²) in [5.41, 5.74) is 0. The molecular weight excluding hydrogens is 203 g/mol. The van der Waals surface area contributed by atoms with Gasteiger partial charge in [-0.1, -0.05) is 0 Å². The lowest BCUT2D eigenvalue weighted by atomic mass is 10.8. The highest BCUT2D eigenvalue weighted by atomic mass is 127. The first-order valence-corrected chi connectivity index (χ1v) is 3.02. The van der Waals surface area contributed by atoms with E-state index >= 15 is 0 Å². The van der Waals surface area contributed by atoms with Gasteiger partial charge in [0.15, 0.2) is 0 Å². The third-order valence-electron chi connectivity index (χ3n) is 0.761. The maximum atomic E-state index is 3.93. The van der Waals surface area contributed by atoms with Crippen LogP contribution in [-0.2, 0) is 7.05 Å². The van der Waals surface area contributed by atoms with Crippen molar-refractivity contribution in [2.45, 2.75) is 0 Å². The van der Waals surface area contributed by atoms with E-state index in [2.05, 4.69) is 27.7 Å². The summed E-state index contributed by atoms with van der Waals surface area (Å²) in [6, 6.07) is 1.96. The van der Waals surface area contributed by atoms with Gasteiger partial charge in [0.25, 0.3) is 0 Å². The maximum Gasteiger partial charge on any atom is 0.0985 e. The molecule has 0 aliphatic heterocycles. The number of aryl methyl sites for hydroxylation is 1. The number of hydrogen-bond acceptors (Lipinski definition) is 1. The summed E-state index contributed by atoms with van der Waals surface area (Å²) in [7, 11) is 1.92. The number of rotatable bonds is 0. The van der Waals surface area contributed by atoms with Crippen LogP contribution < -0.4 is 0 Å². The lowest BCUT2D eigenvalue weighted by molar-refractivity contribution is 0.747. The van der Waals surface area contributed by atoms with Crippen molar-refractivity contribution in [3.05, 3.63) is 16.0 Å². The lowest BCUT2D eigenvalue weighted by Gasteiger charge is -1.85. The summed E-state index contributed by atoms with van der Waals surface area (Å²) in [6.45, 7) is 0. The molecule has 0 aliphatic rings. The van der Waals surface area contributed by atoms with E-state index < -0.39 is 0 Å². The lowest BCUT2D eigenvalue weighted by Crippen LogP contribution is -1.90. The molecule has 1 aromatic heterocycles. The first kappa shape index (κ1) is 5.08. The molecule has 3 heteroatoms. The van der Waals surface area contributed by atoms with Crippen molar-refractivity contribution in [1.82, 2.24) is 9.78 Å². The Morgan fingerprint density at radius 1 is 1.86 bits per heavy atom. The molecule has 7 heavy (non-hydrogen) atoms. The molecule has 0 aliphatic carbocycles. The molecule has 0 atom stereocenters. The predicted molar refractivity (Wildman–Crippen MR) is 35.9 cm³/mol. The van der Waals surface area contributed by atoms with Gasteiger partial charge in [-0.15, -0.1) is 0 Å². The van der Waals surface area contributed by atoms with Crippen LogP contribution in [-0.4, -0.2) is 9.78 Å². The SMILES string of the molecule is Cn1nccc1I. The average Bonchev–Trinajstić information content (AvgIpc) is 1.91. The Morgan fingerprint density at radius 3 is 2.71 bits per heavy atom. The molecule has 0 saturated heterocycles. The second-order valence-corrected chi connectivity index (χ2v) is 2.38. The average molecular weight is 208 g/mol. The van der Waals surface area contributed by atoms with Gasteiger partial charge in [0.05, 0.1) is 9.90 Å². The molecule has 0 fully saturated rings. The van der Waals surface area contributed by atoms with Gasteiger partial charge < -0.3 is 0 Å². The van der Waals surface area contributed by atoms with Crippen molar-refractivity contribution in [1.29, 1.82) is 0 Å². The van der Waals surface area contributed by atoms with E-state index in [0.29, 0.717) is 0 Å². The Bertz CT molecular complexity index is 142. The van der Waals surface area contributed by atoms with Crippen LogP contribution in [0.5, 0.6) is 0 Å². The Balaban J connectivity index is 3.12. The first-order chi connectivity index (χ1) is 3.30. The molecule has 0 spiro atoms. The fourth-order valence-electron chi connectivity index (χ4n) is 0.358. The van der Waals surface area contributed by atoms with E-state index in [4.69, 9.17) is 0 Å². The summed E-state index contributed by atoms with van der Waals surface area (Å²) in [4.78, 5) is 0. The summed E-state index contributed by atoms with van der Waals surface area (Å²) in [5, 5.41) is 3.93. The van der Waals surface area contributed by atoms with E-state index in [1.165, 1.54) is 0 Å². The Kier molecular flexibility index (Phi) is 1.32. The minimum Gasteiger partial charge on any atom is -0.262 e. The van der Waals surface area contributed by atoms with Crippen molar-refractivity contribution in [2.24, 2.45) is 7.05 Å². The van der Waals surface area contributed by atoms with Crippen LogP contribution in [0.25, 0.3) is 0 Å². The van der Waals surface area contributed by atoms with Crippen LogP contribution in [0, 0.1) is 3.70 Å². The second-order valence-electron chi connectivity index (χ2n) is 1.28. The largest absolute Gasteiger partial charge is 0.262 e. The van der Waals surface area contributed by atoms with Crippen LogP contribution in [0.4, 0.5) is 0 Å². The van der Waals surface area contributed by atoms with Crippen LogP contribution >= 0.6 is 22.6 Å². The molecule has 2 nitrogen and oxygen atoms in total. The topological polar surface area (TPSA) is 17.8 Å². The van der Waals surface area contributed by atoms with Gasteiger partial charge in [0.1, 0.15) is 0 Å². The zero-order chi connectivity index (χ0) is 5.28. The van der Waals surface area contributed by atoms with Crippen molar-refractivity contribution in [3.8, 4) is 0 Å². The van der Waals surface area contributed by atoms with Crippen molar-refractivity contribution in [3.63, 3.8) is 0 Å². The number of aromatic nitrogens is 2. The van der Waals surface area contributed by atoms with Crippen LogP contribution in [0.15, 0.2) is 12.3 Å². The molecule has 0 unspecified atom stereocenters. The van der Waals surface area contributed by atoms with E-state index in [9.17, 15) is 0 Å². The molecule has 38 valence electrons. The van der Waals surface area contributed by atoms with E-state index in [1.807, 2.05) is 17.8 Å². The normalized spacial score (nSPS) is 9.43. The summed E-state index contributed by atoms with van der Waals surface area (Å²) in [6.07, 6.45) is 1.78. The zero-order valence-electron chi connectivity index (χ0n) is 3.93. The molecule has 0 amide bonds. The molecule has 1 aromatic rings. The second kappa shape index (κ2) is 1.81. The highest BCUT2D eigenvalue weighted by Crippen LogP contribution is 1.97. The van der Waals surface area contributed by atoms with Crippen LogP contribution in [0.2, 0.25) is 0 Å². The molecular formula is C4H5IN2. The Labute approximate surface area is 55.7 Å². The van der Waals surface area contributed by atoms with Crippen molar-refractivity contribution in [2.75, 3.05) is 0 Å². The summed E-state index contributed by atoms with van der Waals surface area (Å²) >= 11 is 2.22. The molecule has 0 saturated carbocycles. The zero-order valence-corrected chi connectivity index (χ0v) is 6.08. The highest BCUT2D eigenvalue weighted by Gasteiger charge is 1.85. The fraction of sp³-hybridized carbons (Fsp3) is 0.250. The number of nitrogens with zero attached hydrogens (tertiary/aromatic N) is 2. The summed E-state index contributed by atoms with van der Waals surface area (Å²) < 4.78 is 2.98. The first-order valence-electron chi connectivity index (χ1n) is 1.94. The smallest absolute Gasteiger partial charge is 0.0985 e. The number of hydrogen-bond donors (Lipinski definition) is 0. The molecule has 0 N–H and O–H groups in total. The van der Waals surface area contributed by atoms with Crippen molar-refractivity contribution < 1.29 is 0 Å². The predicted octanol–water partition coefficient (Wildman–Crippen LogP) is 1.02. The maximum absolute atomic E-state index is 3.93. The van der Waals surface area contributed by atoms with Gasteiger partial charge in [-0.2, -0.15) is 5.10 Å². The van der Waals surface area contributed by atoms with Crippen LogP contribution in [0.3, 0.4) is 0 Å². The standard InChI is InChI=1S/C4H5IN2/c1-7-4(5)2-3-6-7/h2-3H,1H3. The molecule has 1 rings (SSSR count). The van der Waals surface area contributed by atoms with E-state index in [1.54, 1.807) is 6.20 Å². The highest BCUT2D eigenvalue weighted by molar-refractivity contribution is 14.1. The quantitative estimate of drug-likeness (QED) is 0.582. The van der Waals surface area contributed by atoms with Gasteiger partial charge >= 0.3 is 0 Å². The van der Waals surface area contributed by atoms with Gasteiger partial charge in [0.2, 0.25) is 0 Å². The fourth-order valence-corrected chi connectivity index (χ4v) is 0.643. The minimum absolute atomic E-state index is 1.16. The van der Waals surface area contributed by atoms with Gasteiger partial charge in [-0.25, -0.2) is 0 Å². The Morgan fingerprint density at radius 2 is 2.57 bits per heavy atom. The van der Waals surface area contributed by atoms with Gasteiger partial charge in [-0.3, -0.25) is 4.68 Å². The van der Waals surface area contributed by atoms with E-state index in [0.717, 1.165) is 3.70 Å². The molecule has 1 heterocycles. The molecule has 0 aromatic carbocycles. The third-order valence-corrected chi connectivity index (χ3v) is 1.82. The van der Waals surface area contributed by atoms with Crippen LogP contribution in [0.1, 0.15) is 0 Å². The summed E-state index contributed by atoms with van der Waals surface area (Å²) in [5.74, 6) is 0. The minimum atomic E-state index is 1.16. The number of halogens is 1. The van der Waals surface area contributed by atoms with Crippen molar-refractivity contribution >= 4 is 22.6 Å². The molecule has 0 bridgehead atoms. The van der Waals surface area contributed by atoms with E-state index in [-0.39, 0.29) is 0 Å². The van der Waals surface area contributed by atoms with Gasteiger partial charge in [0, 0.05) is 7.05 Å².